The van der Waals surface area contributed by atoms with Gasteiger partial charge in [-0.2, -0.15) is 0 Å². The van der Waals surface area contributed by atoms with Crippen molar-refractivity contribution in [3.05, 3.63) is 0 Å². The largest absolute Gasteiger partial charge is 0.0149 e. The molecule has 0 amide bonds. The molecule has 0 heterocycles. The van der Waals surface area contributed by atoms with Gasteiger partial charge in [0.15, 0.2) is 0 Å². The maximum absolute atomic E-state index is 8.28. The summed E-state index contributed by atoms with van der Waals surface area (Å²) in [4.78, 5) is 0. The van der Waals surface area contributed by atoms with E-state index in [-0.39, 0.29) is 48.7 Å². The zero-order valence-corrected chi connectivity index (χ0v) is 2.53. The van der Waals surface area contributed by atoms with Gasteiger partial charge in [0.1, 0.15) is 0 Å². The maximum atomic E-state index is 8.28. The van der Waals surface area contributed by atoms with Gasteiger partial charge >= 0.3 is 57.8 Å². The smallest absolute Gasteiger partial charge is 0.0149 e. The zero-order valence-electron chi connectivity index (χ0n) is 1.12. The number of hydrogen-bond donors (Lipinski definition) is 0. The summed E-state index contributed by atoms with van der Waals surface area (Å²) in [6, 6.07) is 0. The molecule has 0 aromatic heterocycles. The molecule has 4 heteroatoms. The third-order valence-electron chi connectivity index (χ3n) is 0. The van der Waals surface area contributed by atoms with Crippen LogP contribution in [0.15, 0.2) is 0 Å². The third-order valence-corrected chi connectivity index (χ3v) is 0. The Kier molecular flexibility index (Phi) is 90.7. The molecule has 4 heavy (non-hydrogen) atoms. The van der Waals surface area contributed by atoms with Crippen molar-refractivity contribution in [2.45, 2.75) is 0 Å². The summed E-state index contributed by atoms with van der Waals surface area (Å²) in [5.41, 5.74) is 0. The predicted molar refractivity (Wildman–Crippen MR) is 27.7 cm³/mol. The Morgan fingerprint density at radius 3 is 1.25 bits per heavy atom. The van der Waals surface area contributed by atoms with Crippen molar-refractivity contribution >= 4 is 64.9 Å². The van der Waals surface area contributed by atoms with Gasteiger partial charge in [0.25, 0.3) is 0 Å². The average molecular weight is 118 g/mol. The standard InChI is InChI=1S/Al.Ca.O.H4Si.3H/h;;;1H4;;;. The minimum atomic E-state index is 0. The minimum Gasteiger partial charge on any atom is -0.0149 e. The van der Waals surface area contributed by atoms with Crippen molar-refractivity contribution in [2.75, 3.05) is 0 Å². The summed E-state index contributed by atoms with van der Waals surface area (Å²) in [6.45, 7) is 0. The summed E-state index contributed by atoms with van der Waals surface area (Å²) in [6.07, 6.45) is 0. The van der Waals surface area contributed by atoms with E-state index in [1.807, 2.05) is 0 Å². The van der Waals surface area contributed by atoms with E-state index in [1.165, 1.54) is 0 Å². The molecule has 0 bridgehead atoms. The summed E-state index contributed by atoms with van der Waals surface area (Å²) in [5, 5.41) is 0. The fraction of sp³-hybridized carbons (Fsp3) is 0. The Hall–Kier alpha value is 1.81. The molecule has 0 aromatic carbocycles. The van der Waals surface area contributed by atoms with E-state index < -0.39 is 0 Å². The molecule has 0 aromatic rings. The third kappa shape index (κ3) is 9.18. The molecule has 0 aliphatic carbocycles. The van der Waals surface area contributed by atoms with Crippen LogP contribution < -0.4 is 0 Å². The number of hydrogen-bond acceptors (Lipinski definition) is 1. The van der Waals surface area contributed by atoms with Crippen molar-refractivity contribution in [1.82, 2.24) is 0 Å². The van der Waals surface area contributed by atoms with Crippen LogP contribution in [0.1, 0.15) is 0 Å². The van der Waals surface area contributed by atoms with Crippen molar-refractivity contribution in [3.8, 4) is 0 Å². The first-order valence-corrected chi connectivity index (χ1v) is 0.866. The molecule has 0 saturated heterocycles. The average Bonchev–Trinajstić information content (AvgIpc) is 1.00. The van der Waals surface area contributed by atoms with Gasteiger partial charge in [-0.05, 0) is 11.0 Å². The van der Waals surface area contributed by atoms with Gasteiger partial charge in [0, 0.05) is 0 Å². The fourth-order valence-electron chi connectivity index (χ4n) is 0. The van der Waals surface area contributed by atoms with Crippen LogP contribution in [0.2, 0.25) is 0 Å². The van der Waals surface area contributed by atoms with Crippen molar-refractivity contribution in [3.63, 3.8) is 0 Å². The van der Waals surface area contributed by atoms with Gasteiger partial charge in [-0.25, -0.2) is 0 Å². The van der Waals surface area contributed by atoms with Crippen molar-refractivity contribution < 1.29 is 3.80 Å². The first kappa shape index (κ1) is 17.0. The van der Waals surface area contributed by atoms with E-state index in [2.05, 4.69) is 0 Å². The van der Waals surface area contributed by atoms with E-state index in [0.717, 1.165) is 0 Å². The SMILES string of the molecule is [CaH2].[O]=[AlH].[SiH4]. The fourth-order valence-corrected chi connectivity index (χ4v) is 0. The van der Waals surface area contributed by atoms with Gasteiger partial charge in [-0.3, -0.25) is 0 Å². The summed E-state index contributed by atoms with van der Waals surface area (Å²) in [5.74, 6) is 0. The quantitative estimate of drug-likeness (QED) is 0.307. The molecular weight excluding hydrogens is 111 g/mol. The zero-order chi connectivity index (χ0) is 2.00. The van der Waals surface area contributed by atoms with Crippen molar-refractivity contribution in [2.24, 2.45) is 0 Å². The van der Waals surface area contributed by atoms with Crippen LogP contribution in [0.25, 0.3) is 0 Å². The van der Waals surface area contributed by atoms with E-state index >= 15 is 0 Å². The molecule has 0 radical (unpaired) electrons. The normalized spacial score (nSPS) is 0.750. The van der Waals surface area contributed by atoms with E-state index in [0.29, 0.717) is 16.2 Å². The molecule has 0 spiro atoms. The van der Waals surface area contributed by atoms with Gasteiger partial charge in [0.05, 0.1) is 0 Å². The molecule has 0 atom stereocenters. The second kappa shape index (κ2) is 21.3. The Balaban J connectivity index is -0.00000000500. The van der Waals surface area contributed by atoms with Crippen LogP contribution in [-0.4, -0.2) is 64.9 Å². The van der Waals surface area contributed by atoms with Crippen LogP contribution in [0.3, 0.4) is 0 Å². The van der Waals surface area contributed by atoms with Crippen LogP contribution in [-0.2, 0) is 3.80 Å². The Morgan fingerprint density at radius 1 is 1.25 bits per heavy atom. The van der Waals surface area contributed by atoms with Gasteiger partial charge in [0.2, 0.25) is 0 Å². The first-order valence-electron chi connectivity index (χ1n) is 0.289. The second-order valence-corrected chi connectivity index (χ2v) is 0. The topological polar surface area (TPSA) is 17.1 Å². The van der Waals surface area contributed by atoms with Gasteiger partial charge in [-0.15, -0.1) is 0 Å². The molecule has 0 aliphatic rings. The van der Waals surface area contributed by atoms with Crippen molar-refractivity contribution in [1.29, 1.82) is 0 Å². The maximum Gasteiger partial charge on any atom is -0.0149 e. The van der Waals surface area contributed by atoms with E-state index in [4.69, 9.17) is 3.80 Å². The van der Waals surface area contributed by atoms with Gasteiger partial charge in [-0.1, -0.05) is 0 Å². The van der Waals surface area contributed by atoms with E-state index in [9.17, 15) is 0 Å². The molecule has 0 rings (SSSR count). The van der Waals surface area contributed by atoms with E-state index in [1.54, 1.807) is 0 Å². The predicted octanol–water partition coefficient (Wildman–Crippen LogP) is -3.14. The van der Waals surface area contributed by atoms with Crippen LogP contribution >= 0.6 is 0 Å². The molecule has 0 unspecified atom stereocenters. The monoisotopic (exact) mass is 118 g/mol. The summed E-state index contributed by atoms with van der Waals surface area (Å²) < 4.78 is 8.28. The van der Waals surface area contributed by atoms with Crippen LogP contribution in [0.5, 0.6) is 0 Å². The molecule has 0 aliphatic heterocycles. The summed E-state index contributed by atoms with van der Waals surface area (Å²) >= 11 is 0.611. The molecular formula is H7AlCaOSi. The Morgan fingerprint density at radius 2 is 1.25 bits per heavy atom. The minimum absolute atomic E-state index is 0. The number of rotatable bonds is 0. The first-order chi connectivity index (χ1) is 1.00. The Labute approximate surface area is 67.8 Å². The van der Waals surface area contributed by atoms with Crippen LogP contribution in [0, 0.1) is 0 Å². The molecule has 22 valence electrons. The van der Waals surface area contributed by atoms with Crippen LogP contribution in [0.4, 0.5) is 0 Å². The Bertz CT molecular complexity index is 8.00. The molecule has 0 N–H and O–H groups in total. The molecule has 0 saturated carbocycles. The molecule has 0 fully saturated rings. The van der Waals surface area contributed by atoms with Gasteiger partial charge < -0.3 is 0 Å². The second-order valence-electron chi connectivity index (χ2n) is 0. The summed E-state index contributed by atoms with van der Waals surface area (Å²) in [7, 11) is 0. The molecule has 1 nitrogen and oxygen atoms in total.